The molecule has 0 saturated heterocycles. The predicted molar refractivity (Wildman–Crippen MR) is 147 cm³/mol. The van der Waals surface area contributed by atoms with Gasteiger partial charge in [-0.15, -0.1) is 0 Å². The standard InChI is InChI=1S/C32H36N2/c1-5-23-19-28(16-21(3)17-30(23)33)31(29-18-22(4)32(34)24(6-2)20-29)27-14-12-26(13-15-27)25-10-8-7-9-11-25/h7-16,18-20,31H,5-6,17,33-34H2,1-4H3. The highest BCUT2D eigenvalue weighted by atomic mass is 14.6. The van der Waals surface area contributed by atoms with Crippen molar-refractivity contribution in [3.05, 3.63) is 124 Å². The normalized spacial score (nSPS) is 14.9. The Balaban J connectivity index is 1.89. The molecule has 0 amide bonds. The van der Waals surface area contributed by atoms with Crippen LogP contribution in [0.2, 0.25) is 0 Å². The van der Waals surface area contributed by atoms with Gasteiger partial charge in [0, 0.05) is 23.7 Å². The van der Waals surface area contributed by atoms with E-state index in [2.05, 4.69) is 107 Å². The van der Waals surface area contributed by atoms with Crippen LogP contribution in [-0.4, -0.2) is 0 Å². The van der Waals surface area contributed by atoms with E-state index in [9.17, 15) is 0 Å². The monoisotopic (exact) mass is 448 g/mol. The molecular formula is C32H36N2. The molecule has 1 aliphatic rings. The predicted octanol–water partition coefficient (Wildman–Crippen LogP) is 7.84. The van der Waals surface area contributed by atoms with Gasteiger partial charge in [-0.3, -0.25) is 0 Å². The van der Waals surface area contributed by atoms with E-state index in [4.69, 9.17) is 11.5 Å². The Hall–Kier alpha value is -3.52. The van der Waals surface area contributed by atoms with Crippen LogP contribution >= 0.6 is 0 Å². The van der Waals surface area contributed by atoms with Crippen LogP contribution in [0.5, 0.6) is 0 Å². The number of allylic oxidation sites excluding steroid dienone is 5. The molecule has 0 fully saturated rings. The van der Waals surface area contributed by atoms with Crippen molar-refractivity contribution in [2.75, 3.05) is 5.73 Å². The Morgan fingerprint density at radius 2 is 1.44 bits per heavy atom. The van der Waals surface area contributed by atoms with Crippen molar-refractivity contribution in [3.8, 4) is 11.1 Å². The van der Waals surface area contributed by atoms with E-state index < -0.39 is 0 Å². The molecule has 1 unspecified atom stereocenters. The zero-order valence-corrected chi connectivity index (χ0v) is 20.9. The van der Waals surface area contributed by atoms with Crippen LogP contribution in [0.1, 0.15) is 61.8 Å². The number of nitrogens with two attached hydrogens (primary N) is 2. The molecule has 0 heterocycles. The van der Waals surface area contributed by atoms with E-state index in [1.165, 1.54) is 44.5 Å². The lowest BCUT2D eigenvalue weighted by atomic mass is 9.81. The number of aryl methyl sites for hydroxylation is 2. The lowest BCUT2D eigenvalue weighted by Crippen LogP contribution is -2.08. The summed E-state index contributed by atoms with van der Waals surface area (Å²) in [5, 5.41) is 0. The largest absolute Gasteiger partial charge is 0.402 e. The number of hydrogen-bond acceptors (Lipinski definition) is 2. The Bertz CT molecular complexity index is 1260. The second kappa shape index (κ2) is 10.2. The Morgan fingerprint density at radius 3 is 2.09 bits per heavy atom. The SMILES string of the molecule is CCC1=C(N)CC(C)=CC(C(c2ccc(-c3ccccc3)cc2)c2cc(C)c(N)c(CC)c2)=C1. The van der Waals surface area contributed by atoms with Crippen LogP contribution < -0.4 is 11.5 Å². The van der Waals surface area contributed by atoms with Crippen LogP contribution in [0.4, 0.5) is 5.69 Å². The summed E-state index contributed by atoms with van der Waals surface area (Å²) in [5.74, 6) is 0.108. The first-order chi connectivity index (χ1) is 16.4. The molecule has 0 aliphatic heterocycles. The molecule has 0 aromatic heterocycles. The van der Waals surface area contributed by atoms with Crippen molar-refractivity contribution in [2.24, 2.45) is 5.73 Å². The number of hydrogen-bond donors (Lipinski definition) is 2. The number of nitrogen functional groups attached to an aromatic ring is 1. The van der Waals surface area contributed by atoms with E-state index >= 15 is 0 Å². The van der Waals surface area contributed by atoms with Crippen LogP contribution in [0.25, 0.3) is 11.1 Å². The maximum atomic E-state index is 6.47. The van der Waals surface area contributed by atoms with Crippen molar-refractivity contribution < 1.29 is 0 Å². The van der Waals surface area contributed by atoms with Crippen molar-refractivity contribution in [3.63, 3.8) is 0 Å². The van der Waals surface area contributed by atoms with Gasteiger partial charge in [0.2, 0.25) is 0 Å². The highest BCUT2D eigenvalue weighted by molar-refractivity contribution is 5.65. The molecule has 34 heavy (non-hydrogen) atoms. The topological polar surface area (TPSA) is 52.0 Å². The minimum absolute atomic E-state index is 0.108. The molecule has 2 nitrogen and oxygen atoms in total. The van der Waals surface area contributed by atoms with Crippen molar-refractivity contribution in [2.45, 2.75) is 52.9 Å². The fraction of sp³-hybridized carbons (Fsp3) is 0.250. The summed E-state index contributed by atoms with van der Waals surface area (Å²) >= 11 is 0. The van der Waals surface area contributed by atoms with Crippen molar-refractivity contribution >= 4 is 5.69 Å². The second-order valence-electron chi connectivity index (χ2n) is 9.40. The highest BCUT2D eigenvalue weighted by Gasteiger charge is 2.22. The van der Waals surface area contributed by atoms with Crippen LogP contribution in [-0.2, 0) is 6.42 Å². The van der Waals surface area contributed by atoms with Gasteiger partial charge in [-0.05, 0) is 71.2 Å². The fourth-order valence-electron chi connectivity index (χ4n) is 5.02. The molecule has 3 aromatic rings. The number of rotatable bonds is 6. The number of anilines is 1. The zero-order chi connectivity index (χ0) is 24.2. The van der Waals surface area contributed by atoms with Gasteiger partial charge in [0.15, 0.2) is 0 Å². The Labute approximate surface area is 204 Å². The lowest BCUT2D eigenvalue weighted by Gasteiger charge is -2.23. The average molecular weight is 449 g/mol. The Morgan fingerprint density at radius 1 is 0.765 bits per heavy atom. The van der Waals surface area contributed by atoms with Crippen molar-refractivity contribution in [1.82, 2.24) is 0 Å². The van der Waals surface area contributed by atoms with Crippen molar-refractivity contribution in [1.29, 1.82) is 0 Å². The molecule has 2 heteroatoms. The van der Waals surface area contributed by atoms with Crippen LogP contribution in [0.15, 0.2) is 101 Å². The first-order valence-corrected chi connectivity index (χ1v) is 12.3. The summed E-state index contributed by atoms with van der Waals surface area (Å²) in [6, 6.07) is 24.1. The van der Waals surface area contributed by atoms with Gasteiger partial charge in [-0.1, -0.05) is 98.3 Å². The highest BCUT2D eigenvalue weighted by Crippen LogP contribution is 2.39. The summed E-state index contributed by atoms with van der Waals surface area (Å²) in [6.07, 6.45) is 7.32. The third-order valence-corrected chi connectivity index (χ3v) is 6.91. The second-order valence-corrected chi connectivity index (χ2v) is 9.40. The number of benzene rings is 3. The minimum Gasteiger partial charge on any atom is -0.402 e. The first kappa shape index (κ1) is 23.6. The summed E-state index contributed by atoms with van der Waals surface area (Å²) in [6.45, 7) is 8.65. The van der Waals surface area contributed by atoms with Crippen LogP contribution in [0, 0.1) is 6.92 Å². The molecule has 0 radical (unpaired) electrons. The molecule has 0 bridgehead atoms. The van der Waals surface area contributed by atoms with Gasteiger partial charge in [0.05, 0.1) is 0 Å². The van der Waals surface area contributed by atoms with E-state index in [-0.39, 0.29) is 5.92 Å². The molecule has 3 aromatic carbocycles. The smallest absolute Gasteiger partial charge is 0.0376 e. The minimum atomic E-state index is 0.108. The molecule has 4 rings (SSSR count). The average Bonchev–Trinajstić information content (AvgIpc) is 2.99. The molecule has 1 aliphatic carbocycles. The molecular weight excluding hydrogens is 412 g/mol. The van der Waals surface area contributed by atoms with Gasteiger partial charge < -0.3 is 11.5 Å². The zero-order valence-electron chi connectivity index (χ0n) is 20.9. The molecule has 0 spiro atoms. The summed E-state index contributed by atoms with van der Waals surface area (Å²) in [5.41, 5.74) is 26.0. The molecule has 0 saturated carbocycles. The quantitative estimate of drug-likeness (QED) is 0.377. The molecule has 174 valence electrons. The van der Waals surface area contributed by atoms with Gasteiger partial charge in [0.25, 0.3) is 0 Å². The van der Waals surface area contributed by atoms with Gasteiger partial charge >= 0.3 is 0 Å². The first-order valence-electron chi connectivity index (χ1n) is 12.3. The summed E-state index contributed by atoms with van der Waals surface area (Å²) < 4.78 is 0. The fourth-order valence-corrected chi connectivity index (χ4v) is 5.02. The van der Waals surface area contributed by atoms with Gasteiger partial charge in [0.1, 0.15) is 0 Å². The molecule has 4 N–H and O–H groups in total. The van der Waals surface area contributed by atoms with Gasteiger partial charge in [-0.25, -0.2) is 0 Å². The van der Waals surface area contributed by atoms with E-state index in [0.717, 1.165) is 36.2 Å². The van der Waals surface area contributed by atoms with Gasteiger partial charge in [-0.2, -0.15) is 0 Å². The van der Waals surface area contributed by atoms with E-state index in [1.54, 1.807) is 0 Å². The maximum absolute atomic E-state index is 6.47. The summed E-state index contributed by atoms with van der Waals surface area (Å²) in [7, 11) is 0. The lowest BCUT2D eigenvalue weighted by molar-refractivity contribution is 0.957. The van der Waals surface area contributed by atoms with E-state index in [0.29, 0.717) is 0 Å². The maximum Gasteiger partial charge on any atom is 0.0376 e. The third kappa shape index (κ3) is 4.87. The Kier molecular flexibility index (Phi) is 7.07. The van der Waals surface area contributed by atoms with Crippen LogP contribution in [0.3, 0.4) is 0 Å². The third-order valence-electron chi connectivity index (χ3n) is 6.91. The summed E-state index contributed by atoms with van der Waals surface area (Å²) in [4.78, 5) is 0. The van der Waals surface area contributed by atoms with E-state index in [1.807, 2.05) is 0 Å². The molecule has 1 atom stereocenters.